The first-order chi connectivity index (χ1) is 13.5. The third kappa shape index (κ3) is 5.41. The second kappa shape index (κ2) is 9.49. The van der Waals surface area contributed by atoms with Crippen molar-refractivity contribution in [3.05, 3.63) is 46.2 Å². The van der Waals surface area contributed by atoms with Crippen LogP contribution < -0.4 is 26.4 Å². The molecule has 0 bridgehead atoms. The molecule has 28 heavy (non-hydrogen) atoms. The minimum atomic E-state index is -0.244. The van der Waals surface area contributed by atoms with Crippen molar-refractivity contribution in [1.82, 2.24) is 20.6 Å². The van der Waals surface area contributed by atoms with E-state index in [0.29, 0.717) is 22.2 Å². The second-order valence-electron chi connectivity index (χ2n) is 6.24. The number of likely N-dealkylation sites (N-methyl/N-ethyl adjacent to an activating group) is 1. The number of carbonyl (C=O) groups is 1. The van der Waals surface area contributed by atoms with Crippen molar-refractivity contribution < 1.29 is 4.79 Å². The first-order valence-corrected chi connectivity index (χ1v) is 9.75. The average molecular weight is 401 g/mol. The van der Waals surface area contributed by atoms with Gasteiger partial charge in [0.25, 0.3) is 5.56 Å². The number of amides is 1. The summed E-state index contributed by atoms with van der Waals surface area (Å²) in [6.45, 7) is 3.47. The Morgan fingerprint density at radius 1 is 1.32 bits per heavy atom. The van der Waals surface area contributed by atoms with Gasteiger partial charge >= 0.3 is 0 Å². The fourth-order valence-electron chi connectivity index (χ4n) is 2.79. The highest BCUT2D eigenvalue weighted by Crippen LogP contribution is 2.22. The normalized spacial score (nSPS) is 14.0. The van der Waals surface area contributed by atoms with Crippen LogP contribution in [0.2, 0.25) is 0 Å². The van der Waals surface area contributed by atoms with E-state index in [-0.39, 0.29) is 23.1 Å². The van der Waals surface area contributed by atoms with Gasteiger partial charge < -0.3 is 25.8 Å². The number of aromatic amines is 1. The summed E-state index contributed by atoms with van der Waals surface area (Å²) in [7, 11) is 1.70. The number of H-pyrrole nitrogens is 1. The summed E-state index contributed by atoms with van der Waals surface area (Å²) in [5.41, 5.74) is 0.994. The largest absolute Gasteiger partial charge is 0.354 e. The molecule has 1 fully saturated rings. The van der Waals surface area contributed by atoms with Crippen molar-refractivity contribution >= 4 is 34.2 Å². The Bertz CT molecular complexity index is 909. The van der Waals surface area contributed by atoms with Gasteiger partial charge in [0.1, 0.15) is 10.9 Å². The summed E-state index contributed by atoms with van der Waals surface area (Å²) in [6, 6.07) is 8.52. The van der Waals surface area contributed by atoms with Gasteiger partial charge in [-0.2, -0.15) is 0 Å². The Kier molecular flexibility index (Phi) is 6.80. The average Bonchev–Trinajstić information content (AvgIpc) is 2.68. The Labute approximate surface area is 166 Å². The zero-order valence-electron chi connectivity index (χ0n) is 15.5. The Balaban J connectivity index is 1.73. The molecule has 0 atom stereocenters. The molecule has 0 radical (unpaired) electrons. The minimum Gasteiger partial charge on any atom is -0.354 e. The van der Waals surface area contributed by atoms with Crippen molar-refractivity contribution in [2.24, 2.45) is 0 Å². The number of thioether (sulfide) groups is 1. The molecule has 1 aliphatic heterocycles. The molecular formula is C18H23N7O2S. The molecule has 1 saturated heterocycles. The van der Waals surface area contributed by atoms with Crippen molar-refractivity contribution in [2.45, 2.75) is 5.16 Å². The van der Waals surface area contributed by atoms with Gasteiger partial charge in [-0.15, -0.1) is 0 Å². The van der Waals surface area contributed by atoms with E-state index in [2.05, 4.69) is 30.8 Å². The van der Waals surface area contributed by atoms with Crippen LogP contribution in [-0.4, -0.2) is 60.7 Å². The summed E-state index contributed by atoms with van der Waals surface area (Å²) in [6.07, 6.45) is 0. The lowest BCUT2D eigenvalue weighted by Crippen LogP contribution is -2.44. The minimum absolute atomic E-state index is 0.159. The van der Waals surface area contributed by atoms with Gasteiger partial charge in [-0.3, -0.25) is 15.0 Å². The van der Waals surface area contributed by atoms with E-state index in [4.69, 9.17) is 5.41 Å². The zero-order valence-corrected chi connectivity index (χ0v) is 16.4. The van der Waals surface area contributed by atoms with Crippen LogP contribution >= 0.6 is 11.8 Å². The van der Waals surface area contributed by atoms with Crippen LogP contribution in [0.25, 0.3) is 0 Å². The Morgan fingerprint density at radius 3 is 2.86 bits per heavy atom. The summed E-state index contributed by atoms with van der Waals surface area (Å²) >= 11 is 1.08. The molecule has 3 rings (SSSR count). The predicted molar refractivity (Wildman–Crippen MR) is 112 cm³/mol. The number of hydrogen-bond acceptors (Lipinski definition) is 8. The van der Waals surface area contributed by atoms with E-state index < -0.39 is 0 Å². The number of rotatable bonds is 6. The van der Waals surface area contributed by atoms with E-state index in [1.54, 1.807) is 31.3 Å². The van der Waals surface area contributed by atoms with Crippen molar-refractivity contribution in [2.75, 3.05) is 50.0 Å². The molecule has 10 heteroatoms. The number of nitrogens with zero attached hydrogens (tertiary/aromatic N) is 2. The summed E-state index contributed by atoms with van der Waals surface area (Å²) in [5.74, 6) is 0.460. The zero-order chi connectivity index (χ0) is 19.9. The lowest BCUT2D eigenvalue weighted by Gasteiger charge is -2.28. The third-order valence-corrected chi connectivity index (χ3v) is 4.92. The van der Waals surface area contributed by atoms with E-state index >= 15 is 0 Å². The molecule has 0 saturated carbocycles. The highest BCUT2D eigenvalue weighted by Gasteiger charge is 2.15. The van der Waals surface area contributed by atoms with Gasteiger partial charge in [0.2, 0.25) is 5.91 Å². The Morgan fingerprint density at radius 2 is 2.11 bits per heavy atom. The summed E-state index contributed by atoms with van der Waals surface area (Å²) < 4.78 is 0. The molecule has 148 valence electrons. The monoisotopic (exact) mass is 401 g/mol. The van der Waals surface area contributed by atoms with Crippen LogP contribution in [0.1, 0.15) is 5.56 Å². The standard InChI is InChI=1S/C18H23N7O2S/c1-20-11-16(27)22-13-4-2-3-12(9-13)17(19)28-18-23-14(10-15(26)24-18)25-7-5-21-6-8-25/h2-4,9-10,19-21H,5-8,11H2,1H3,(H,22,27)(H,23,24,26). The fraction of sp³-hybridized carbons (Fsp3) is 0.333. The number of piperazine rings is 1. The van der Waals surface area contributed by atoms with Gasteiger partial charge in [-0.1, -0.05) is 12.1 Å². The first-order valence-electron chi connectivity index (χ1n) is 8.93. The topological polar surface area (TPSA) is 126 Å². The quantitative estimate of drug-likeness (QED) is 0.206. The molecule has 5 N–H and O–H groups in total. The van der Waals surface area contributed by atoms with Crippen molar-refractivity contribution in [1.29, 1.82) is 5.41 Å². The predicted octanol–water partition coefficient (Wildman–Crippen LogP) is 0.455. The number of aromatic nitrogens is 2. The SMILES string of the molecule is CNCC(=O)Nc1cccc(C(=N)Sc2nc(N3CCNCC3)cc(=O)[nH]2)c1. The maximum absolute atomic E-state index is 12.0. The lowest BCUT2D eigenvalue weighted by molar-refractivity contribution is -0.115. The molecule has 1 aromatic carbocycles. The van der Waals surface area contributed by atoms with Crippen LogP contribution in [0, 0.1) is 5.41 Å². The molecule has 9 nitrogen and oxygen atoms in total. The number of hydrogen-bond donors (Lipinski definition) is 5. The van der Waals surface area contributed by atoms with Crippen molar-refractivity contribution in [3.63, 3.8) is 0 Å². The van der Waals surface area contributed by atoms with Crippen LogP contribution in [-0.2, 0) is 4.79 Å². The molecule has 2 aromatic rings. The highest BCUT2D eigenvalue weighted by molar-refractivity contribution is 8.14. The molecule has 1 aromatic heterocycles. The first kappa shape index (κ1) is 20.1. The third-order valence-electron chi connectivity index (χ3n) is 4.09. The summed E-state index contributed by atoms with van der Waals surface area (Å²) in [5, 5.41) is 17.8. The number of anilines is 2. The van der Waals surface area contributed by atoms with Crippen LogP contribution in [0.3, 0.4) is 0 Å². The molecular weight excluding hydrogens is 378 g/mol. The van der Waals surface area contributed by atoms with Crippen LogP contribution in [0.4, 0.5) is 11.5 Å². The smallest absolute Gasteiger partial charge is 0.253 e. The molecule has 0 spiro atoms. The number of carbonyl (C=O) groups excluding carboxylic acids is 1. The number of nitrogens with one attached hydrogen (secondary N) is 5. The fourth-order valence-corrected chi connectivity index (χ4v) is 3.52. The van der Waals surface area contributed by atoms with Gasteiger partial charge in [0, 0.05) is 43.5 Å². The van der Waals surface area contributed by atoms with E-state index in [0.717, 1.165) is 37.9 Å². The van der Waals surface area contributed by atoms with Gasteiger partial charge in [0.15, 0.2) is 5.16 Å². The lowest BCUT2D eigenvalue weighted by atomic mass is 10.2. The van der Waals surface area contributed by atoms with E-state index in [1.807, 2.05) is 0 Å². The highest BCUT2D eigenvalue weighted by atomic mass is 32.2. The number of benzene rings is 1. The maximum atomic E-state index is 12.0. The molecule has 2 heterocycles. The molecule has 1 amide bonds. The van der Waals surface area contributed by atoms with E-state index in [1.165, 1.54) is 6.07 Å². The summed E-state index contributed by atoms with van der Waals surface area (Å²) in [4.78, 5) is 33.0. The van der Waals surface area contributed by atoms with Crippen LogP contribution in [0.5, 0.6) is 0 Å². The Hall–Kier alpha value is -2.69. The molecule has 1 aliphatic rings. The molecule has 0 unspecified atom stereocenters. The van der Waals surface area contributed by atoms with Crippen molar-refractivity contribution in [3.8, 4) is 0 Å². The second-order valence-corrected chi connectivity index (χ2v) is 7.24. The maximum Gasteiger partial charge on any atom is 0.253 e. The molecule has 0 aliphatic carbocycles. The van der Waals surface area contributed by atoms with Crippen LogP contribution in [0.15, 0.2) is 40.3 Å². The van der Waals surface area contributed by atoms with Gasteiger partial charge in [0.05, 0.1) is 6.54 Å². The van der Waals surface area contributed by atoms with Gasteiger partial charge in [-0.05, 0) is 30.9 Å². The van der Waals surface area contributed by atoms with E-state index in [9.17, 15) is 9.59 Å². The van der Waals surface area contributed by atoms with Gasteiger partial charge in [-0.25, -0.2) is 4.98 Å².